The van der Waals surface area contributed by atoms with Gasteiger partial charge >= 0.3 is 5.97 Å². The summed E-state index contributed by atoms with van der Waals surface area (Å²) >= 11 is 0. The van der Waals surface area contributed by atoms with Crippen LogP contribution in [-0.4, -0.2) is 53.5 Å². The second-order valence-corrected chi connectivity index (χ2v) is 12.3. The SMILES string of the molecule is COc1cc(CC(=O)C2=CC(C)(c3ccc(C(CC(=O)O)NC(C)=O)cc3)N=C2)ccc1-c1cc(C(=O)N2CCc3ccccc32)c[nH]1. The number of methoxy groups -OCH3 is 1. The Balaban J connectivity index is 1.14. The van der Waals surface area contributed by atoms with Crippen LogP contribution in [0.25, 0.3) is 11.3 Å². The smallest absolute Gasteiger partial charge is 0.305 e. The van der Waals surface area contributed by atoms with Gasteiger partial charge in [-0.25, -0.2) is 0 Å². The van der Waals surface area contributed by atoms with Crippen LogP contribution in [0.15, 0.2) is 95.6 Å². The van der Waals surface area contributed by atoms with E-state index in [9.17, 15) is 24.3 Å². The lowest BCUT2D eigenvalue weighted by Gasteiger charge is -2.21. The molecule has 0 radical (unpaired) electrons. The number of ether oxygens (including phenoxy) is 1. The summed E-state index contributed by atoms with van der Waals surface area (Å²) in [7, 11) is 1.57. The summed E-state index contributed by atoms with van der Waals surface area (Å²) in [5, 5.41) is 11.9. The number of carbonyl (C=O) groups excluding carboxylic acids is 3. The molecule has 10 heteroatoms. The summed E-state index contributed by atoms with van der Waals surface area (Å²) in [6.07, 6.45) is 5.86. The number of anilines is 1. The van der Waals surface area contributed by atoms with Gasteiger partial charge in [-0.1, -0.05) is 48.5 Å². The number of benzene rings is 3. The Labute approximate surface area is 278 Å². The molecule has 3 heterocycles. The Morgan fingerprint density at radius 2 is 1.83 bits per heavy atom. The fraction of sp³-hybridized carbons (Fsp3) is 0.237. The molecule has 0 saturated carbocycles. The maximum Gasteiger partial charge on any atom is 0.305 e. The van der Waals surface area contributed by atoms with Crippen molar-refractivity contribution < 1.29 is 29.0 Å². The van der Waals surface area contributed by atoms with E-state index in [1.54, 1.807) is 36.6 Å². The topological polar surface area (TPSA) is 141 Å². The minimum absolute atomic E-state index is 0.0644. The molecule has 1 aromatic heterocycles. The largest absolute Gasteiger partial charge is 0.496 e. The third-order valence-corrected chi connectivity index (χ3v) is 8.87. The molecule has 2 aliphatic rings. The summed E-state index contributed by atoms with van der Waals surface area (Å²) in [4.78, 5) is 59.3. The number of aromatic nitrogens is 1. The van der Waals surface area contributed by atoms with Gasteiger partial charge in [-0.15, -0.1) is 0 Å². The number of rotatable bonds is 11. The van der Waals surface area contributed by atoms with Gasteiger partial charge in [0.05, 0.1) is 25.1 Å². The zero-order valence-electron chi connectivity index (χ0n) is 26.9. The molecule has 6 rings (SSSR count). The van der Waals surface area contributed by atoms with Crippen molar-refractivity contribution in [2.75, 3.05) is 18.6 Å². The molecule has 0 spiro atoms. The van der Waals surface area contributed by atoms with Gasteiger partial charge < -0.3 is 25.0 Å². The average Bonchev–Trinajstić information content (AvgIpc) is 3.83. The van der Waals surface area contributed by atoms with Crippen molar-refractivity contribution in [1.29, 1.82) is 0 Å². The molecule has 48 heavy (non-hydrogen) atoms. The Morgan fingerprint density at radius 3 is 2.56 bits per heavy atom. The number of aromatic amines is 1. The van der Waals surface area contributed by atoms with Gasteiger partial charge in [0.2, 0.25) is 5.91 Å². The molecule has 244 valence electrons. The first-order chi connectivity index (χ1) is 23.0. The summed E-state index contributed by atoms with van der Waals surface area (Å²) in [5.41, 5.74) is 6.15. The van der Waals surface area contributed by atoms with Crippen LogP contribution < -0.4 is 15.0 Å². The molecule has 0 fully saturated rings. The van der Waals surface area contributed by atoms with Gasteiger partial charge in [0.15, 0.2) is 5.78 Å². The number of nitrogens with zero attached hydrogens (tertiary/aromatic N) is 2. The number of allylic oxidation sites excluding steroid dienone is 1. The Bertz CT molecular complexity index is 1960. The predicted octanol–water partition coefficient (Wildman–Crippen LogP) is 5.58. The average molecular weight is 645 g/mol. The van der Waals surface area contributed by atoms with Gasteiger partial charge in [0.1, 0.15) is 11.3 Å². The molecule has 2 aliphatic heterocycles. The van der Waals surface area contributed by atoms with Crippen molar-refractivity contribution in [3.8, 4) is 17.0 Å². The quantitative estimate of drug-likeness (QED) is 0.195. The number of carbonyl (C=O) groups is 4. The number of Topliss-reactive ketones (excluding diaryl/α,β-unsaturated/α-hetero) is 1. The number of hydrogen-bond donors (Lipinski definition) is 3. The zero-order valence-corrected chi connectivity index (χ0v) is 26.9. The highest BCUT2D eigenvalue weighted by Gasteiger charge is 2.30. The van der Waals surface area contributed by atoms with Crippen LogP contribution in [0.5, 0.6) is 5.75 Å². The van der Waals surface area contributed by atoms with E-state index in [2.05, 4.69) is 21.4 Å². The van der Waals surface area contributed by atoms with Crippen LogP contribution >= 0.6 is 0 Å². The molecular formula is C38H36N4O6. The molecule has 2 atom stereocenters. The first-order valence-electron chi connectivity index (χ1n) is 15.7. The maximum absolute atomic E-state index is 13.4. The van der Waals surface area contributed by atoms with Crippen LogP contribution in [0, 0.1) is 0 Å². The van der Waals surface area contributed by atoms with Crippen molar-refractivity contribution in [1.82, 2.24) is 10.3 Å². The maximum atomic E-state index is 13.4. The third-order valence-electron chi connectivity index (χ3n) is 8.87. The minimum atomic E-state index is -1.02. The second kappa shape index (κ2) is 13.2. The van der Waals surface area contributed by atoms with Crippen LogP contribution in [0.4, 0.5) is 5.69 Å². The van der Waals surface area contributed by atoms with E-state index in [-0.39, 0.29) is 30.4 Å². The summed E-state index contributed by atoms with van der Waals surface area (Å²) in [6, 6.07) is 21.9. The summed E-state index contributed by atoms with van der Waals surface area (Å²) in [6.45, 7) is 3.89. The van der Waals surface area contributed by atoms with E-state index in [1.807, 2.05) is 67.6 Å². The molecule has 0 aliphatic carbocycles. The molecule has 2 unspecified atom stereocenters. The van der Waals surface area contributed by atoms with E-state index in [1.165, 1.54) is 12.5 Å². The number of H-pyrrole nitrogens is 1. The number of para-hydroxylation sites is 1. The first-order valence-corrected chi connectivity index (χ1v) is 15.7. The minimum Gasteiger partial charge on any atom is -0.496 e. The van der Waals surface area contributed by atoms with Gasteiger partial charge in [0.25, 0.3) is 5.91 Å². The number of amides is 2. The highest BCUT2D eigenvalue weighted by molar-refractivity contribution is 6.15. The molecule has 3 aromatic carbocycles. The van der Waals surface area contributed by atoms with E-state index in [0.717, 1.165) is 34.5 Å². The van der Waals surface area contributed by atoms with Crippen LogP contribution in [0.2, 0.25) is 0 Å². The second-order valence-electron chi connectivity index (χ2n) is 12.3. The third kappa shape index (κ3) is 6.55. The van der Waals surface area contributed by atoms with Gasteiger partial charge in [-0.3, -0.25) is 24.2 Å². The van der Waals surface area contributed by atoms with Gasteiger partial charge in [0, 0.05) is 54.8 Å². The Hall–Kier alpha value is -5.77. The molecule has 3 N–H and O–H groups in total. The lowest BCUT2D eigenvalue weighted by Crippen LogP contribution is -2.28. The number of hydrogen-bond acceptors (Lipinski definition) is 6. The predicted molar refractivity (Wildman–Crippen MR) is 182 cm³/mol. The van der Waals surface area contributed by atoms with Crippen molar-refractivity contribution in [2.45, 2.75) is 44.7 Å². The van der Waals surface area contributed by atoms with Crippen molar-refractivity contribution in [3.63, 3.8) is 0 Å². The number of aliphatic carboxylic acids is 1. The van der Waals surface area contributed by atoms with Crippen LogP contribution in [0.3, 0.4) is 0 Å². The summed E-state index contributed by atoms with van der Waals surface area (Å²) < 4.78 is 5.70. The van der Waals surface area contributed by atoms with E-state index < -0.39 is 17.6 Å². The van der Waals surface area contributed by atoms with Crippen LogP contribution in [-0.2, 0) is 32.8 Å². The number of fused-ring (bicyclic) bond motifs is 1. The fourth-order valence-electron chi connectivity index (χ4n) is 6.35. The highest BCUT2D eigenvalue weighted by Crippen LogP contribution is 2.35. The highest BCUT2D eigenvalue weighted by atomic mass is 16.5. The van der Waals surface area contributed by atoms with Crippen molar-refractivity contribution in [3.05, 3.63) is 118 Å². The molecule has 4 aromatic rings. The fourth-order valence-corrected chi connectivity index (χ4v) is 6.35. The van der Waals surface area contributed by atoms with E-state index in [0.29, 0.717) is 29.0 Å². The number of aliphatic imine (C=N–C) groups is 1. The van der Waals surface area contributed by atoms with Crippen molar-refractivity contribution in [2.24, 2.45) is 4.99 Å². The van der Waals surface area contributed by atoms with Gasteiger partial charge in [-0.2, -0.15) is 0 Å². The number of ketones is 1. The lowest BCUT2D eigenvalue weighted by molar-refractivity contribution is -0.137. The standard InChI is InChI=1S/C38H36N4O6/c1-23(43)41-31(19-36(45)46)25-9-11-29(12-10-25)38(2)20-28(22-40-38)34(44)16-24-8-13-30(35(17-24)48-3)32-18-27(21-39-32)37(47)42-15-14-26-6-4-5-7-33(26)42/h4-13,17-18,20-22,31,39H,14-16,19H2,1-3H3,(H,41,43)(H,45,46). The zero-order chi connectivity index (χ0) is 34.0. The van der Waals surface area contributed by atoms with Crippen molar-refractivity contribution >= 4 is 35.5 Å². The summed E-state index contributed by atoms with van der Waals surface area (Å²) in [5.74, 6) is -0.916. The first kappa shape index (κ1) is 32.2. The number of carboxylic acids is 1. The molecule has 10 nitrogen and oxygen atoms in total. The molecule has 2 amide bonds. The Kier molecular flexibility index (Phi) is 8.82. The molecule has 0 saturated heterocycles. The monoisotopic (exact) mass is 644 g/mol. The molecule has 0 bridgehead atoms. The normalized spacial score (nSPS) is 17.1. The van der Waals surface area contributed by atoms with Gasteiger partial charge in [-0.05, 0) is 65.9 Å². The van der Waals surface area contributed by atoms with E-state index >= 15 is 0 Å². The van der Waals surface area contributed by atoms with Crippen LogP contribution in [0.1, 0.15) is 58.9 Å². The molecular weight excluding hydrogens is 608 g/mol. The number of nitrogens with one attached hydrogen (secondary N) is 2. The van der Waals surface area contributed by atoms with E-state index in [4.69, 9.17) is 4.74 Å². The number of carboxylic acid groups (broad SMARTS) is 1. The Morgan fingerprint density at radius 1 is 1.06 bits per heavy atom. The lowest BCUT2D eigenvalue weighted by atomic mass is 9.89.